The molecule has 2 amide bonds. The third-order valence-corrected chi connectivity index (χ3v) is 5.80. The third kappa shape index (κ3) is 2.64. The number of nitriles is 1. The second-order valence-electron chi connectivity index (χ2n) is 5.42. The van der Waals surface area contributed by atoms with Gasteiger partial charge in [-0.15, -0.1) is 0 Å². The van der Waals surface area contributed by atoms with Crippen molar-refractivity contribution in [3.05, 3.63) is 59.7 Å². The molecule has 1 aliphatic heterocycles. The Labute approximate surface area is 144 Å². The Morgan fingerprint density at radius 1 is 1.16 bits per heavy atom. The van der Waals surface area contributed by atoms with Gasteiger partial charge < -0.3 is 5.32 Å². The van der Waals surface area contributed by atoms with E-state index >= 15 is 0 Å². The summed E-state index contributed by atoms with van der Waals surface area (Å²) < 4.78 is 25.7. The van der Waals surface area contributed by atoms with Gasteiger partial charge in [0.05, 0.1) is 16.8 Å². The van der Waals surface area contributed by atoms with E-state index in [-0.39, 0.29) is 21.7 Å². The number of fused-ring (bicyclic) bond motifs is 1. The lowest BCUT2D eigenvalue weighted by Crippen LogP contribution is -2.45. The molecule has 1 heterocycles. The summed E-state index contributed by atoms with van der Waals surface area (Å²) >= 11 is 0. The molecule has 25 heavy (non-hydrogen) atoms. The SMILES string of the molecule is C[C@@H](C(=O)Nc1ccccc1C#N)N1C(=O)c2ccccc2S1(=O)=O. The van der Waals surface area contributed by atoms with Crippen molar-refractivity contribution in [1.29, 1.82) is 5.26 Å². The largest absolute Gasteiger partial charge is 0.323 e. The minimum atomic E-state index is -4.09. The predicted molar refractivity (Wildman–Crippen MR) is 89.0 cm³/mol. The number of hydrogen-bond donors (Lipinski definition) is 1. The molecule has 0 spiro atoms. The van der Waals surface area contributed by atoms with Crippen LogP contribution in [-0.4, -0.2) is 30.6 Å². The number of rotatable bonds is 3. The van der Waals surface area contributed by atoms with Gasteiger partial charge >= 0.3 is 0 Å². The molecule has 0 aliphatic carbocycles. The van der Waals surface area contributed by atoms with E-state index in [1.165, 1.54) is 37.3 Å². The highest BCUT2D eigenvalue weighted by atomic mass is 32.2. The number of nitrogens with zero attached hydrogens (tertiary/aromatic N) is 2. The monoisotopic (exact) mass is 355 g/mol. The van der Waals surface area contributed by atoms with Crippen LogP contribution in [0.1, 0.15) is 22.8 Å². The van der Waals surface area contributed by atoms with E-state index in [2.05, 4.69) is 5.32 Å². The zero-order chi connectivity index (χ0) is 18.2. The Balaban J connectivity index is 1.92. The molecular formula is C17H13N3O4S. The summed E-state index contributed by atoms with van der Waals surface area (Å²) in [6, 6.07) is 12.8. The van der Waals surface area contributed by atoms with Crippen LogP contribution >= 0.6 is 0 Å². The summed E-state index contributed by atoms with van der Waals surface area (Å²) in [5.41, 5.74) is 0.532. The Kier molecular flexibility index (Phi) is 4.02. The van der Waals surface area contributed by atoms with Gasteiger partial charge in [0.2, 0.25) is 5.91 Å². The number of para-hydroxylation sites is 1. The summed E-state index contributed by atoms with van der Waals surface area (Å²) in [4.78, 5) is 24.8. The average molecular weight is 355 g/mol. The van der Waals surface area contributed by atoms with Crippen molar-refractivity contribution in [2.45, 2.75) is 17.9 Å². The van der Waals surface area contributed by atoms with Crippen LogP contribution in [0.15, 0.2) is 53.4 Å². The van der Waals surface area contributed by atoms with E-state index in [0.717, 1.165) is 0 Å². The number of anilines is 1. The molecule has 0 saturated heterocycles. The van der Waals surface area contributed by atoms with E-state index in [9.17, 15) is 18.0 Å². The first-order chi connectivity index (χ1) is 11.9. The van der Waals surface area contributed by atoms with Crippen LogP contribution in [0.4, 0.5) is 5.69 Å². The lowest BCUT2D eigenvalue weighted by Gasteiger charge is -2.22. The minimum absolute atomic E-state index is 0.0413. The molecular weight excluding hydrogens is 342 g/mol. The zero-order valence-electron chi connectivity index (χ0n) is 13.1. The topological polar surface area (TPSA) is 107 Å². The summed E-state index contributed by atoms with van der Waals surface area (Å²) in [6.07, 6.45) is 0. The summed E-state index contributed by atoms with van der Waals surface area (Å²) in [5, 5.41) is 11.6. The highest BCUT2D eigenvalue weighted by molar-refractivity contribution is 7.90. The molecule has 8 heteroatoms. The number of carbonyl (C=O) groups is 2. The normalized spacial score (nSPS) is 16.0. The minimum Gasteiger partial charge on any atom is -0.323 e. The fourth-order valence-electron chi connectivity index (χ4n) is 2.62. The van der Waals surface area contributed by atoms with Crippen molar-refractivity contribution in [2.75, 3.05) is 5.32 Å². The van der Waals surface area contributed by atoms with Crippen molar-refractivity contribution in [2.24, 2.45) is 0 Å². The Bertz CT molecular complexity index is 1020. The molecule has 1 aliphatic rings. The highest BCUT2D eigenvalue weighted by Gasteiger charge is 2.45. The molecule has 1 N–H and O–H groups in total. The first-order valence-corrected chi connectivity index (χ1v) is 8.79. The van der Waals surface area contributed by atoms with E-state index in [4.69, 9.17) is 5.26 Å². The molecule has 2 aromatic rings. The van der Waals surface area contributed by atoms with Crippen molar-refractivity contribution in [3.8, 4) is 6.07 Å². The smallest absolute Gasteiger partial charge is 0.269 e. The fraction of sp³-hybridized carbons (Fsp3) is 0.118. The molecule has 0 fully saturated rings. The first-order valence-electron chi connectivity index (χ1n) is 7.35. The Hall–Kier alpha value is -3.18. The molecule has 0 bridgehead atoms. The van der Waals surface area contributed by atoms with Crippen molar-refractivity contribution < 1.29 is 18.0 Å². The lowest BCUT2D eigenvalue weighted by atomic mass is 10.1. The molecule has 0 radical (unpaired) electrons. The van der Waals surface area contributed by atoms with Crippen LogP contribution in [0, 0.1) is 11.3 Å². The summed E-state index contributed by atoms with van der Waals surface area (Å²) in [5.74, 6) is -1.45. The lowest BCUT2D eigenvalue weighted by molar-refractivity contribution is -0.118. The number of nitrogens with one attached hydrogen (secondary N) is 1. The number of sulfonamides is 1. The van der Waals surface area contributed by atoms with Gasteiger partial charge in [-0.05, 0) is 31.2 Å². The van der Waals surface area contributed by atoms with Crippen molar-refractivity contribution in [3.63, 3.8) is 0 Å². The second-order valence-corrected chi connectivity index (χ2v) is 7.21. The molecule has 7 nitrogen and oxygen atoms in total. The molecule has 0 unspecified atom stereocenters. The van der Waals surface area contributed by atoms with E-state index in [0.29, 0.717) is 4.31 Å². The van der Waals surface area contributed by atoms with Gasteiger partial charge in [0.1, 0.15) is 17.0 Å². The van der Waals surface area contributed by atoms with Crippen LogP contribution in [0.5, 0.6) is 0 Å². The molecule has 0 aromatic heterocycles. The number of hydrogen-bond acceptors (Lipinski definition) is 5. The van der Waals surface area contributed by atoms with E-state index in [1.54, 1.807) is 18.2 Å². The highest BCUT2D eigenvalue weighted by Crippen LogP contribution is 2.32. The predicted octanol–water partition coefficient (Wildman–Crippen LogP) is 1.73. The van der Waals surface area contributed by atoms with Gasteiger partial charge in [0.15, 0.2) is 0 Å². The van der Waals surface area contributed by atoms with Crippen molar-refractivity contribution >= 4 is 27.5 Å². The van der Waals surface area contributed by atoms with Gasteiger partial charge in [-0.2, -0.15) is 5.26 Å². The van der Waals surface area contributed by atoms with Gasteiger partial charge in [0, 0.05) is 0 Å². The number of amides is 2. The maximum Gasteiger partial charge on any atom is 0.269 e. The maximum absolute atomic E-state index is 12.6. The Morgan fingerprint density at radius 3 is 2.48 bits per heavy atom. The van der Waals surface area contributed by atoms with E-state index in [1.807, 2.05) is 6.07 Å². The van der Waals surface area contributed by atoms with Gasteiger partial charge in [0.25, 0.3) is 15.9 Å². The van der Waals surface area contributed by atoms with Crippen LogP contribution in [0.3, 0.4) is 0 Å². The molecule has 3 rings (SSSR count). The molecule has 1 atom stereocenters. The average Bonchev–Trinajstić information content (AvgIpc) is 2.81. The molecule has 126 valence electrons. The zero-order valence-corrected chi connectivity index (χ0v) is 13.9. The standard InChI is InChI=1S/C17H13N3O4S/c1-11(16(21)19-14-8-4-2-6-12(14)10-18)20-17(22)13-7-3-5-9-15(13)25(20,23)24/h2-9,11H,1H3,(H,19,21)/t11-/m0/s1. The van der Waals surface area contributed by atoms with Gasteiger partial charge in [-0.3, -0.25) is 9.59 Å². The number of benzene rings is 2. The van der Waals surface area contributed by atoms with Crippen molar-refractivity contribution in [1.82, 2.24) is 4.31 Å². The molecule has 0 saturated carbocycles. The van der Waals surface area contributed by atoms with Crippen LogP contribution in [0.25, 0.3) is 0 Å². The van der Waals surface area contributed by atoms with Crippen LogP contribution in [-0.2, 0) is 14.8 Å². The fourth-order valence-corrected chi connectivity index (χ4v) is 4.34. The van der Waals surface area contributed by atoms with Crippen LogP contribution < -0.4 is 5.32 Å². The second kappa shape index (κ2) is 6.03. The summed E-state index contributed by atoms with van der Waals surface area (Å²) in [7, 11) is -4.09. The van der Waals surface area contributed by atoms with E-state index < -0.39 is 27.9 Å². The molecule has 2 aromatic carbocycles. The summed E-state index contributed by atoms with van der Waals surface area (Å²) in [6.45, 7) is 1.33. The van der Waals surface area contributed by atoms with Crippen LogP contribution in [0.2, 0.25) is 0 Å². The van der Waals surface area contributed by atoms with Gasteiger partial charge in [-0.25, -0.2) is 12.7 Å². The van der Waals surface area contributed by atoms with Gasteiger partial charge in [-0.1, -0.05) is 24.3 Å². The third-order valence-electron chi connectivity index (χ3n) is 3.89. The Morgan fingerprint density at radius 2 is 1.80 bits per heavy atom. The number of carbonyl (C=O) groups excluding carboxylic acids is 2. The quantitative estimate of drug-likeness (QED) is 0.902. The maximum atomic E-state index is 12.6. The first kappa shape index (κ1) is 16.7.